The number of hydrogen-bond acceptors (Lipinski definition) is 1. The molecule has 2 aromatic carbocycles. The van der Waals surface area contributed by atoms with Gasteiger partial charge >= 0.3 is 0 Å². The van der Waals surface area contributed by atoms with E-state index in [0.717, 1.165) is 38.0 Å². The molecule has 0 bridgehead atoms. The van der Waals surface area contributed by atoms with Crippen LogP contribution >= 0.6 is 0 Å². The molecule has 2 aromatic rings. The lowest BCUT2D eigenvalue weighted by Crippen LogP contribution is -3.13. The van der Waals surface area contributed by atoms with Crippen LogP contribution in [0.5, 0.6) is 0 Å². The van der Waals surface area contributed by atoms with Crippen molar-refractivity contribution >= 4 is 17.2 Å². The van der Waals surface area contributed by atoms with Gasteiger partial charge in [-0.3, -0.25) is 4.79 Å². The van der Waals surface area contributed by atoms with Crippen LogP contribution in [0, 0.1) is 0 Å². The van der Waals surface area contributed by atoms with Gasteiger partial charge < -0.3 is 10.2 Å². The van der Waals surface area contributed by atoms with Crippen molar-refractivity contribution in [3.63, 3.8) is 0 Å². The van der Waals surface area contributed by atoms with Crippen LogP contribution < -0.4 is 10.2 Å². The first-order valence-corrected chi connectivity index (χ1v) is 9.69. The predicted octanol–water partition coefficient (Wildman–Crippen LogP) is 3.12. The van der Waals surface area contributed by atoms with E-state index in [1.807, 2.05) is 6.07 Å². The maximum absolute atomic E-state index is 12.6. The second-order valence-corrected chi connectivity index (χ2v) is 6.93. The lowest BCUT2D eigenvalue weighted by Gasteiger charge is -2.24. The Morgan fingerprint density at radius 3 is 2.27 bits per heavy atom. The molecule has 0 saturated carbocycles. The summed E-state index contributed by atoms with van der Waals surface area (Å²) in [4.78, 5) is 13.9. The van der Waals surface area contributed by atoms with E-state index in [1.165, 1.54) is 27.2 Å². The molecule has 1 aliphatic rings. The molecule has 3 rings (SSSR count). The second kappa shape index (κ2) is 8.81. The summed E-state index contributed by atoms with van der Waals surface area (Å²) in [5.41, 5.74) is 6.18. The van der Waals surface area contributed by atoms with Crippen molar-refractivity contribution in [2.24, 2.45) is 0 Å². The fourth-order valence-corrected chi connectivity index (χ4v) is 3.67. The Balaban J connectivity index is 1.61. The number of anilines is 1. The van der Waals surface area contributed by atoms with Gasteiger partial charge in [0.1, 0.15) is 0 Å². The van der Waals surface area contributed by atoms with Crippen molar-refractivity contribution in [1.29, 1.82) is 0 Å². The lowest BCUT2D eigenvalue weighted by atomic mass is 9.99. The zero-order valence-corrected chi connectivity index (χ0v) is 15.8. The third kappa shape index (κ3) is 4.41. The molecule has 1 heterocycles. The molecule has 0 radical (unpaired) electrons. The summed E-state index contributed by atoms with van der Waals surface area (Å²) < 4.78 is 0. The minimum atomic E-state index is 0.118. The zero-order valence-electron chi connectivity index (χ0n) is 15.8. The molecule has 0 aromatic heterocycles. The number of hydrogen-bond donors (Lipinski definition) is 2. The fourth-order valence-electron chi connectivity index (χ4n) is 3.67. The molecular weight excluding hydrogens is 320 g/mol. The van der Waals surface area contributed by atoms with E-state index in [-0.39, 0.29) is 5.91 Å². The minimum absolute atomic E-state index is 0.118. The highest BCUT2D eigenvalue weighted by Gasteiger charge is 2.20. The monoisotopic (exact) mass is 349 g/mol. The van der Waals surface area contributed by atoms with Crippen LogP contribution in [0.25, 0.3) is 5.57 Å². The molecule has 1 aliphatic heterocycles. The van der Waals surface area contributed by atoms with Gasteiger partial charge in [-0.2, -0.15) is 0 Å². The van der Waals surface area contributed by atoms with Gasteiger partial charge in [0.15, 0.2) is 6.54 Å². The summed E-state index contributed by atoms with van der Waals surface area (Å²) in [6.45, 7) is 6.71. The molecule has 0 spiro atoms. The summed E-state index contributed by atoms with van der Waals surface area (Å²) in [5.74, 6) is 0.118. The summed E-state index contributed by atoms with van der Waals surface area (Å²) in [6, 6.07) is 16.8. The van der Waals surface area contributed by atoms with Gasteiger partial charge in [0.2, 0.25) is 0 Å². The Bertz CT molecular complexity index is 758. The van der Waals surface area contributed by atoms with Crippen molar-refractivity contribution in [3.8, 4) is 0 Å². The molecule has 1 amide bonds. The van der Waals surface area contributed by atoms with E-state index < -0.39 is 0 Å². The molecule has 1 atom stereocenters. The van der Waals surface area contributed by atoms with Gasteiger partial charge in [-0.1, -0.05) is 62.4 Å². The zero-order chi connectivity index (χ0) is 18.4. The van der Waals surface area contributed by atoms with Gasteiger partial charge in [-0.15, -0.1) is 0 Å². The number of nitrogens with one attached hydrogen (secondary N) is 2. The molecule has 2 N–H and O–H groups in total. The number of carbonyl (C=O) groups is 1. The summed E-state index contributed by atoms with van der Waals surface area (Å²) in [5, 5.41) is 3.19. The van der Waals surface area contributed by atoms with Crippen molar-refractivity contribution in [2.75, 3.05) is 25.0 Å². The Labute approximate surface area is 156 Å². The molecule has 3 nitrogen and oxygen atoms in total. The third-order valence-corrected chi connectivity index (χ3v) is 5.20. The Hall–Kier alpha value is -2.39. The number of aryl methyl sites for hydroxylation is 2. The van der Waals surface area contributed by atoms with Gasteiger partial charge in [0.05, 0.1) is 13.1 Å². The highest BCUT2D eigenvalue weighted by molar-refractivity contribution is 5.93. The average molecular weight is 349 g/mol. The first-order valence-electron chi connectivity index (χ1n) is 9.69. The van der Waals surface area contributed by atoms with Crippen LogP contribution in [0.1, 0.15) is 37.0 Å². The van der Waals surface area contributed by atoms with Crippen molar-refractivity contribution < 1.29 is 9.69 Å². The van der Waals surface area contributed by atoms with Crippen LogP contribution in [0.4, 0.5) is 5.69 Å². The van der Waals surface area contributed by atoms with Crippen LogP contribution in [0.15, 0.2) is 54.6 Å². The van der Waals surface area contributed by atoms with Crippen LogP contribution in [0.3, 0.4) is 0 Å². The molecule has 1 unspecified atom stereocenters. The standard InChI is InChI=1S/C23H28N2O/c1-3-18-11-8-12-19(4-2)23(18)24-22(26)17-25-15-13-21(14-16-25)20-9-6-5-7-10-20/h5-13H,3-4,14-17H2,1-2H3,(H,24,26)/p+1. The molecule has 3 heteroatoms. The number of para-hydroxylation sites is 1. The van der Waals surface area contributed by atoms with E-state index in [4.69, 9.17) is 0 Å². The Morgan fingerprint density at radius 1 is 1.00 bits per heavy atom. The number of quaternary nitrogens is 1. The van der Waals surface area contributed by atoms with E-state index in [1.54, 1.807) is 0 Å². The van der Waals surface area contributed by atoms with Crippen LogP contribution in [-0.4, -0.2) is 25.5 Å². The average Bonchev–Trinajstić information content (AvgIpc) is 2.69. The van der Waals surface area contributed by atoms with E-state index >= 15 is 0 Å². The minimum Gasteiger partial charge on any atom is -0.324 e. The topological polar surface area (TPSA) is 33.5 Å². The van der Waals surface area contributed by atoms with Crippen LogP contribution in [0.2, 0.25) is 0 Å². The van der Waals surface area contributed by atoms with Gasteiger partial charge in [-0.05, 0) is 41.2 Å². The largest absolute Gasteiger partial charge is 0.324 e. The number of rotatable bonds is 6. The predicted molar refractivity (Wildman–Crippen MR) is 108 cm³/mol. The van der Waals surface area contributed by atoms with E-state index in [2.05, 4.69) is 67.7 Å². The Morgan fingerprint density at radius 2 is 1.69 bits per heavy atom. The smallest absolute Gasteiger partial charge is 0.279 e. The quantitative estimate of drug-likeness (QED) is 0.825. The molecule has 26 heavy (non-hydrogen) atoms. The van der Waals surface area contributed by atoms with E-state index in [0.29, 0.717) is 6.54 Å². The SMILES string of the molecule is CCc1cccc(CC)c1NC(=O)C[NH+]1CC=C(c2ccccc2)CC1. The molecule has 0 aliphatic carbocycles. The van der Waals surface area contributed by atoms with Gasteiger partial charge in [0, 0.05) is 12.1 Å². The highest BCUT2D eigenvalue weighted by Crippen LogP contribution is 2.22. The van der Waals surface area contributed by atoms with Gasteiger partial charge in [0.25, 0.3) is 5.91 Å². The number of benzene rings is 2. The highest BCUT2D eigenvalue weighted by atomic mass is 16.2. The van der Waals surface area contributed by atoms with Crippen molar-refractivity contribution in [2.45, 2.75) is 33.1 Å². The number of amides is 1. The first-order chi connectivity index (χ1) is 12.7. The normalized spacial score (nSPS) is 16.8. The Kier molecular flexibility index (Phi) is 6.24. The fraction of sp³-hybridized carbons (Fsp3) is 0.348. The molecule has 136 valence electrons. The van der Waals surface area contributed by atoms with Crippen molar-refractivity contribution in [1.82, 2.24) is 0 Å². The maximum atomic E-state index is 12.6. The molecular formula is C23H29N2O+. The third-order valence-electron chi connectivity index (χ3n) is 5.20. The van der Waals surface area contributed by atoms with Crippen LogP contribution in [-0.2, 0) is 17.6 Å². The first kappa shape index (κ1) is 18.4. The van der Waals surface area contributed by atoms with E-state index in [9.17, 15) is 4.79 Å². The lowest BCUT2D eigenvalue weighted by molar-refractivity contribution is -0.886. The maximum Gasteiger partial charge on any atom is 0.279 e. The van der Waals surface area contributed by atoms with Gasteiger partial charge in [-0.25, -0.2) is 0 Å². The summed E-state index contributed by atoms with van der Waals surface area (Å²) in [7, 11) is 0. The summed E-state index contributed by atoms with van der Waals surface area (Å²) >= 11 is 0. The number of carbonyl (C=O) groups excluding carboxylic acids is 1. The molecule has 0 fully saturated rings. The van der Waals surface area contributed by atoms with Crippen molar-refractivity contribution in [3.05, 3.63) is 71.3 Å². The molecule has 0 saturated heterocycles. The second-order valence-electron chi connectivity index (χ2n) is 6.93. The summed E-state index contributed by atoms with van der Waals surface area (Å²) in [6.07, 6.45) is 5.18.